The van der Waals surface area contributed by atoms with Crippen LogP contribution in [-0.2, 0) is 6.61 Å². The molecule has 0 radical (unpaired) electrons. The molecule has 2 rings (SSSR count). The number of halogens is 1. The summed E-state index contributed by atoms with van der Waals surface area (Å²) in [4.78, 5) is 11.3. The van der Waals surface area contributed by atoms with Crippen molar-refractivity contribution in [3.05, 3.63) is 58.6 Å². The fourth-order valence-corrected chi connectivity index (χ4v) is 2.00. The second kappa shape index (κ2) is 5.76. The summed E-state index contributed by atoms with van der Waals surface area (Å²) in [5, 5.41) is 0.248. The van der Waals surface area contributed by atoms with Crippen LogP contribution in [0.2, 0.25) is 5.02 Å². The molecule has 0 heterocycles. The van der Waals surface area contributed by atoms with Gasteiger partial charge in [0.25, 0.3) is 0 Å². The van der Waals surface area contributed by atoms with E-state index < -0.39 is 0 Å². The van der Waals surface area contributed by atoms with E-state index in [1.54, 1.807) is 12.1 Å². The molecular formula is C15H14ClNO2. The van der Waals surface area contributed by atoms with E-state index in [0.717, 1.165) is 5.56 Å². The van der Waals surface area contributed by atoms with Crippen molar-refractivity contribution in [3.8, 4) is 5.75 Å². The Balaban J connectivity index is 2.18. The molecule has 0 unspecified atom stereocenters. The van der Waals surface area contributed by atoms with E-state index in [1.807, 2.05) is 30.3 Å². The van der Waals surface area contributed by atoms with Crippen molar-refractivity contribution < 1.29 is 9.53 Å². The molecule has 98 valence electrons. The second-order valence-corrected chi connectivity index (χ2v) is 4.55. The molecule has 0 fully saturated rings. The Labute approximate surface area is 117 Å². The monoisotopic (exact) mass is 275 g/mol. The molecule has 3 nitrogen and oxygen atoms in total. The molecule has 0 aliphatic heterocycles. The molecular weight excluding hydrogens is 262 g/mol. The molecule has 0 saturated carbocycles. The van der Waals surface area contributed by atoms with E-state index in [2.05, 4.69) is 0 Å². The Kier molecular flexibility index (Phi) is 4.07. The maximum atomic E-state index is 11.3. The van der Waals surface area contributed by atoms with Crippen LogP contribution >= 0.6 is 11.6 Å². The van der Waals surface area contributed by atoms with Crippen LogP contribution in [0.5, 0.6) is 5.75 Å². The quantitative estimate of drug-likeness (QED) is 0.684. The lowest BCUT2D eigenvalue weighted by molar-refractivity contribution is 0.101. The van der Waals surface area contributed by atoms with Crippen LogP contribution in [0.3, 0.4) is 0 Å². The number of hydrogen-bond donors (Lipinski definition) is 1. The molecule has 19 heavy (non-hydrogen) atoms. The third-order valence-electron chi connectivity index (χ3n) is 2.76. The van der Waals surface area contributed by atoms with Gasteiger partial charge in [-0.25, -0.2) is 0 Å². The number of benzene rings is 2. The molecule has 0 saturated heterocycles. The van der Waals surface area contributed by atoms with E-state index in [9.17, 15) is 4.79 Å². The maximum Gasteiger partial charge on any atom is 0.161 e. The maximum absolute atomic E-state index is 11.3. The Morgan fingerprint density at radius 1 is 1.21 bits per heavy atom. The average Bonchev–Trinajstić information content (AvgIpc) is 2.41. The normalized spacial score (nSPS) is 10.2. The lowest BCUT2D eigenvalue weighted by Crippen LogP contribution is -2.02. The molecule has 0 aliphatic rings. The zero-order chi connectivity index (χ0) is 13.8. The van der Waals surface area contributed by atoms with Crippen LogP contribution in [0.15, 0.2) is 42.5 Å². The summed E-state index contributed by atoms with van der Waals surface area (Å²) in [5.74, 6) is 0.366. The highest BCUT2D eigenvalue weighted by Crippen LogP contribution is 2.33. The minimum absolute atomic E-state index is 0.119. The highest BCUT2D eigenvalue weighted by Gasteiger charge is 2.12. The number of anilines is 1. The van der Waals surface area contributed by atoms with E-state index in [4.69, 9.17) is 22.1 Å². The lowest BCUT2D eigenvalue weighted by Gasteiger charge is -2.11. The van der Waals surface area contributed by atoms with E-state index in [0.29, 0.717) is 23.6 Å². The van der Waals surface area contributed by atoms with Gasteiger partial charge in [-0.1, -0.05) is 41.9 Å². The van der Waals surface area contributed by atoms with Gasteiger partial charge in [-0.3, -0.25) is 4.79 Å². The van der Waals surface area contributed by atoms with Crippen molar-refractivity contribution in [2.75, 3.05) is 5.73 Å². The minimum atomic E-state index is -0.119. The highest BCUT2D eigenvalue weighted by atomic mass is 35.5. The Bertz CT molecular complexity index is 597. The zero-order valence-corrected chi connectivity index (χ0v) is 11.3. The number of nitrogen functional groups attached to an aromatic ring is 1. The number of ether oxygens (including phenoxy) is 1. The third kappa shape index (κ3) is 3.06. The first kappa shape index (κ1) is 13.4. The summed E-state index contributed by atoms with van der Waals surface area (Å²) in [7, 11) is 0. The molecule has 2 aromatic rings. The van der Waals surface area contributed by atoms with Crippen molar-refractivity contribution in [3.63, 3.8) is 0 Å². The number of nitrogens with two attached hydrogens (primary N) is 1. The van der Waals surface area contributed by atoms with Crippen LogP contribution in [0, 0.1) is 0 Å². The van der Waals surface area contributed by atoms with Crippen molar-refractivity contribution in [2.45, 2.75) is 13.5 Å². The molecule has 0 aromatic heterocycles. The van der Waals surface area contributed by atoms with E-state index in [-0.39, 0.29) is 10.8 Å². The number of rotatable bonds is 4. The Hall–Kier alpha value is -2.00. The van der Waals surface area contributed by atoms with Gasteiger partial charge in [0.05, 0.1) is 10.7 Å². The molecule has 0 spiro atoms. The molecule has 0 aliphatic carbocycles. The van der Waals surface area contributed by atoms with Gasteiger partial charge in [-0.05, 0) is 24.6 Å². The van der Waals surface area contributed by atoms with Crippen molar-refractivity contribution >= 4 is 23.1 Å². The molecule has 0 amide bonds. The second-order valence-electron chi connectivity index (χ2n) is 4.17. The molecule has 0 atom stereocenters. The van der Waals surface area contributed by atoms with Crippen LogP contribution < -0.4 is 10.5 Å². The third-order valence-corrected chi connectivity index (χ3v) is 3.16. The highest BCUT2D eigenvalue weighted by molar-refractivity contribution is 6.36. The lowest BCUT2D eigenvalue weighted by atomic mass is 10.1. The largest absolute Gasteiger partial charge is 0.487 e. The fourth-order valence-electron chi connectivity index (χ4n) is 1.71. The minimum Gasteiger partial charge on any atom is -0.487 e. The number of carbonyl (C=O) groups is 1. The SMILES string of the molecule is CC(=O)c1ccc(OCc2ccccc2)c(N)c1Cl. The van der Waals surface area contributed by atoms with Gasteiger partial charge < -0.3 is 10.5 Å². The summed E-state index contributed by atoms with van der Waals surface area (Å²) in [6, 6.07) is 13.0. The number of Topliss-reactive ketones (excluding diaryl/α,β-unsaturated/α-hetero) is 1. The summed E-state index contributed by atoms with van der Waals surface area (Å²) in [5.41, 5.74) is 7.62. The first-order valence-corrected chi connectivity index (χ1v) is 6.23. The molecule has 2 N–H and O–H groups in total. The molecule has 2 aromatic carbocycles. The van der Waals surface area contributed by atoms with Gasteiger partial charge in [-0.2, -0.15) is 0 Å². The molecule has 0 bridgehead atoms. The number of carbonyl (C=O) groups excluding carboxylic acids is 1. The zero-order valence-electron chi connectivity index (χ0n) is 10.5. The van der Waals surface area contributed by atoms with Gasteiger partial charge in [0.1, 0.15) is 12.4 Å². The van der Waals surface area contributed by atoms with Crippen molar-refractivity contribution in [1.82, 2.24) is 0 Å². The Morgan fingerprint density at radius 3 is 2.53 bits per heavy atom. The van der Waals surface area contributed by atoms with Crippen LogP contribution in [-0.4, -0.2) is 5.78 Å². The summed E-state index contributed by atoms with van der Waals surface area (Å²) < 4.78 is 5.62. The van der Waals surface area contributed by atoms with Crippen LogP contribution in [0.1, 0.15) is 22.8 Å². The smallest absolute Gasteiger partial charge is 0.161 e. The first-order valence-electron chi connectivity index (χ1n) is 5.85. The van der Waals surface area contributed by atoms with E-state index in [1.165, 1.54) is 6.92 Å². The number of hydrogen-bond acceptors (Lipinski definition) is 3. The predicted octanol–water partition coefficient (Wildman–Crippen LogP) is 3.70. The Morgan fingerprint density at radius 2 is 1.89 bits per heavy atom. The topological polar surface area (TPSA) is 52.3 Å². The van der Waals surface area contributed by atoms with E-state index >= 15 is 0 Å². The first-order chi connectivity index (χ1) is 9.09. The fraction of sp³-hybridized carbons (Fsp3) is 0.133. The van der Waals surface area contributed by atoms with Gasteiger partial charge in [0, 0.05) is 5.56 Å². The summed E-state index contributed by atoms with van der Waals surface area (Å²) in [6.45, 7) is 1.85. The van der Waals surface area contributed by atoms with Gasteiger partial charge in [0.15, 0.2) is 5.78 Å². The van der Waals surface area contributed by atoms with Crippen molar-refractivity contribution in [1.29, 1.82) is 0 Å². The number of ketones is 1. The van der Waals surface area contributed by atoms with Crippen LogP contribution in [0.25, 0.3) is 0 Å². The van der Waals surface area contributed by atoms with Gasteiger partial charge >= 0.3 is 0 Å². The van der Waals surface area contributed by atoms with Crippen molar-refractivity contribution in [2.24, 2.45) is 0 Å². The average molecular weight is 276 g/mol. The van der Waals surface area contributed by atoms with Gasteiger partial charge in [0.2, 0.25) is 0 Å². The van der Waals surface area contributed by atoms with Gasteiger partial charge in [-0.15, -0.1) is 0 Å². The standard InChI is InChI=1S/C15H14ClNO2/c1-10(18)12-7-8-13(15(17)14(12)16)19-9-11-5-3-2-4-6-11/h2-8H,9,17H2,1H3. The summed E-state index contributed by atoms with van der Waals surface area (Å²) >= 11 is 6.05. The predicted molar refractivity (Wildman–Crippen MR) is 76.6 cm³/mol. The molecule has 4 heteroatoms. The summed E-state index contributed by atoms with van der Waals surface area (Å²) in [6.07, 6.45) is 0. The van der Waals surface area contributed by atoms with Crippen LogP contribution in [0.4, 0.5) is 5.69 Å².